The SMILES string of the molecule is CSc1ccc(C(=O)Nc2cc(C)nn2-c2ccc(Cl)cc2)cc1[N+](=O)[O-]. The van der Waals surface area contributed by atoms with Gasteiger partial charge in [-0.15, -0.1) is 11.8 Å². The lowest BCUT2D eigenvalue weighted by molar-refractivity contribution is -0.387. The van der Waals surface area contributed by atoms with Crippen LogP contribution in [0.1, 0.15) is 16.1 Å². The predicted molar refractivity (Wildman–Crippen MR) is 106 cm³/mol. The number of thioether (sulfide) groups is 1. The molecule has 7 nitrogen and oxygen atoms in total. The van der Waals surface area contributed by atoms with E-state index in [1.54, 1.807) is 60.3 Å². The van der Waals surface area contributed by atoms with Crippen molar-refractivity contribution < 1.29 is 9.72 Å². The van der Waals surface area contributed by atoms with E-state index in [-0.39, 0.29) is 11.3 Å². The Hall–Kier alpha value is -2.84. The summed E-state index contributed by atoms with van der Waals surface area (Å²) in [4.78, 5) is 23.9. The molecular formula is C18H15ClN4O3S. The first-order chi connectivity index (χ1) is 12.9. The molecule has 2 aromatic carbocycles. The lowest BCUT2D eigenvalue weighted by Crippen LogP contribution is -2.15. The summed E-state index contributed by atoms with van der Waals surface area (Å²) in [5.41, 5.74) is 1.54. The lowest BCUT2D eigenvalue weighted by atomic mass is 10.2. The topological polar surface area (TPSA) is 90.1 Å². The number of rotatable bonds is 5. The molecule has 1 aromatic heterocycles. The maximum atomic E-state index is 12.6. The molecule has 0 saturated heterocycles. The summed E-state index contributed by atoms with van der Waals surface area (Å²) >= 11 is 7.17. The lowest BCUT2D eigenvalue weighted by Gasteiger charge is -2.09. The zero-order valence-electron chi connectivity index (χ0n) is 14.5. The molecule has 0 aliphatic carbocycles. The largest absolute Gasteiger partial charge is 0.306 e. The van der Waals surface area contributed by atoms with Crippen molar-refractivity contribution in [3.8, 4) is 5.69 Å². The highest BCUT2D eigenvalue weighted by molar-refractivity contribution is 7.98. The monoisotopic (exact) mass is 402 g/mol. The number of nitro groups is 1. The molecule has 0 bridgehead atoms. The van der Waals surface area contributed by atoms with Gasteiger partial charge in [0, 0.05) is 22.7 Å². The van der Waals surface area contributed by atoms with Crippen LogP contribution in [0.3, 0.4) is 0 Å². The smallest absolute Gasteiger partial charge is 0.283 e. The standard InChI is InChI=1S/C18H15ClN4O3S/c1-11-9-17(22(21-11)14-6-4-13(19)5-7-14)20-18(24)12-3-8-16(27-2)15(10-12)23(25)26/h3-10H,1-2H3,(H,20,24). The van der Waals surface area contributed by atoms with Crippen molar-refractivity contribution in [2.75, 3.05) is 11.6 Å². The Bertz CT molecular complexity index is 1020. The Labute approximate surface area is 164 Å². The fourth-order valence-electron chi connectivity index (χ4n) is 2.53. The van der Waals surface area contributed by atoms with E-state index in [2.05, 4.69) is 10.4 Å². The van der Waals surface area contributed by atoms with Crippen LogP contribution < -0.4 is 5.32 Å². The van der Waals surface area contributed by atoms with E-state index in [4.69, 9.17) is 11.6 Å². The molecule has 0 aliphatic heterocycles. The molecule has 0 unspecified atom stereocenters. The van der Waals surface area contributed by atoms with Gasteiger partial charge < -0.3 is 5.32 Å². The van der Waals surface area contributed by atoms with Gasteiger partial charge in [0.25, 0.3) is 11.6 Å². The summed E-state index contributed by atoms with van der Waals surface area (Å²) < 4.78 is 1.58. The summed E-state index contributed by atoms with van der Waals surface area (Å²) in [7, 11) is 0. The Kier molecular flexibility index (Phi) is 5.48. The minimum Gasteiger partial charge on any atom is -0.306 e. The van der Waals surface area contributed by atoms with Crippen LogP contribution in [0.25, 0.3) is 5.69 Å². The predicted octanol–water partition coefficient (Wildman–Crippen LogP) is 4.72. The molecule has 0 radical (unpaired) electrons. The fraction of sp³-hybridized carbons (Fsp3) is 0.111. The normalized spacial score (nSPS) is 10.6. The van der Waals surface area contributed by atoms with Gasteiger partial charge in [-0.05, 0) is 49.6 Å². The second-order valence-corrected chi connectivity index (χ2v) is 6.94. The van der Waals surface area contributed by atoms with Crippen molar-refractivity contribution in [1.82, 2.24) is 9.78 Å². The van der Waals surface area contributed by atoms with Gasteiger partial charge in [0.05, 0.1) is 21.2 Å². The van der Waals surface area contributed by atoms with Crippen molar-refractivity contribution in [1.29, 1.82) is 0 Å². The number of nitrogens with one attached hydrogen (secondary N) is 1. The molecule has 3 rings (SSSR count). The van der Waals surface area contributed by atoms with Crippen LogP contribution in [0.4, 0.5) is 11.5 Å². The van der Waals surface area contributed by atoms with E-state index in [1.807, 2.05) is 0 Å². The highest BCUT2D eigenvalue weighted by Gasteiger charge is 2.18. The van der Waals surface area contributed by atoms with Crippen LogP contribution in [0, 0.1) is 17.0 Å². The van der Waals surface area contributed by atoms with E-state index in [0.29, 0.717) is 21.4 Å². The van der Waals surface area contributed by atoms with Crippen LogP contribution in [0.15, 0.2) is 53.4 Å². The van der Waals surface area contributed by atoms with Gasteiger partial charge in [0.2, 0.25) is 0 Å². The fourth-order valence-corrected chi connectivity index (χ4v) is 3.20. The van der Waals surface area contributed by atoms with E-state index in [1.165, 1.54) is 17.8 Å². The van der Waals surface area contributed by atoms with Crippen LogP contribution in [0.2, 0.25) is 5.02 Å². The third kappa shape index (κ3) is 4.12. The minimum atomic E-state index is -0.495. The van der Waals surface area contributed by atoms with Gasteiger partial charge in [-0.1, -0.05) is 11.6 Å². The molecular weight excluding hydrogens is 388 g/mol. The maximum Gasteiger partial charge on any atom is 0.283 e. The van der Waals surface area contributed by atoms with E-state index >= 15 is 0 Å². The number of hydrogen-bond donors (Lipinski definition) is 1. The van der Waals surface area contributed by atoms with Gasteiger partial charge in [-0.2, -0.15) is 5.10 Å². The minimum absolute atomic E-state index is 0.0995. The van der Waals surface area contributed by atoms with Crippen LogP contribution in [-0.2, 0) is 0 Å². The van der Waals surface area contributed by atoms with Gasteiger partial charge in [-0.25, -0.2) is 4.68 Å². The van der Waals surface area contributed by atoms with Gasteiger partial charge in [-0.3, -0.25) is 14.9 Å². The van der Waals surface area contributed by atoms with Gasteiger partial charge in [0.1, 0.15) is 5.82 Å². The van der Waals surface area contributed by atoms with Crippen molar-refractivity contribution in [2.45, 2.75) is 11.8 Å². The molecule has 3 aromatic rings. The summed E-state index contributed by atoms with van der Waals surface area (Å²) in [6, 6.07) is 13.1. The highest BCUT2D eigenvalue weighted by Crippen LogP contribution is 2.29. The Morgan fingerprint density at radius 2 is 1.93 bits per heavy atom. The van der Waals surface area contributed by atoms with E-state index in [9.17, 15) is 14.9 Å². The Morgan fingerprint density at radius 1 is 1.22 bits per heavy atom. The third-order valence-corrected chi connectivity index (χ3v) is 4.82. The number of carbonyl (C=O) groups excluding carboxylic acids is 1. The van der Waals surface area contributed by atoms with Crippen molar-refractivity contribution in [2.24, 2.45) is 0 Å². The Morgan fingerprint density at radius 3 is 2.56 bits per heavy atom. The van der Waals surface area contributed by atoms with Gasteiger partial charge in [0.15, 0.2) is 0 Å². The second-order valence-electron chi connectivity index (χ2n) is 5.66. The highest BCUT2D eigenvalue weighted by atomic mass is 35.5. The van der Waals surface area contributed by atoms with Crippen molar-refractivity contribution >= 4 is 40.8 Å². The molecule has 0 saturated carbocycles. The van der Waals surface area contributed by atoms with Crippen molar-refractivity contribution in [3.05, 3.63) is 74.9 Å². The molecule has 1 N–H and O–H groups in total. The molecule has 1 heterocycles. The first-order valence-electron chi connectivity index (χ1n) is 7.85. The summed E-state index contributed by atoms with van der Waals surface area (Å²) in [6.07, 6.45) is 1.75. The number of nitro benzene ring substituents is 1. The van der Waals surface area contributed by atoms with Crippen LogP contribution in [0.5, 0.6) is 0 Å². The number of aryl methyl sites for hydroxylation is 1. The number of carbonyl (C=O) groups is 1. The number of anilines is 1. The zero-order valence-corrected chi connectivity index (χ0v) is 16.0. The number of halogens is 1. The van der Waals surface area contributed by atoms with Gasteiger partial charge >= 0.3 is 0 Å². The third-order valence-electron chi connectivity index (χ3n) is 3.78. The first-order valence-corrected chi connectivity index (χ1v) is 9.45. The first kappa shape index (κ1) is 18.9. The number of aromatic nitrogens is 2. The van der Waals surface area contributed by atoms with E-state index in [0.717, 1.165) is 5.69 Å². The van der Waals surface area contributed by atoms with Crippen molar-refractivity contribution in [3.63, 3.8) is 0 Å². The summed E-state index contributed by atoms with van der Waals surface area (Å²) in [5.74, 6) is -0.00251. The Balaban J connectivity index is 1.92. The molecule has 0 spiro atoms. The molecule has 0 atom stereocenters. The number of hydrogen-bond acceptors (Lipinski definition) is 5. The average molecular weight is 403 g/mol. The average Bonchev–Trinajstić information content (AvgIpc) is 3.01. The van der Waals surface area contributed by atoms with Crippen LogP contribution in [-0.4, -0.2) is 26.9 Å². The zero-order chi connectivity index (χ0) is 19.6. The molecule has 27 heavy (non-hydrogen) atoms. The molecule has 9 heteroatoms. The number of benzene rings is 2. The molecule has 138 valence electrons. The number of nitrogens with zero attached hydrogens (tertiary/aromatic N) is 3. The molecule has 0 aliphatic rings. The number of amides is 1. The summed E-state index contributed by atoms with van der Waals surface area (Å²) in [6.45, 7) is 1.81. The molecule has 0 fully saturated rings. The molecule has 1 amide bonds. The van der Waals surface area contributed by atoms with E-state index < -0.39 is 10.8 Å². The second kappa shape index (κ2) is 7.81. The summed E-state index contributed by atoms with van der Waals surface area (Å²) in [5, 5.41) is 19.0. The van der Waals surface area contributed by atoms with Crippen LogP contribution >= 0.6 is 23.4 Å². The maximum absolute atomic E-state index is 12.6. The quantitative estimate of drug-likeness (QED) is 0.379.